The Morgan fingerprint density at radius 2 is 1.89 bits per heavy atom. The maximum Gasteiger partial charge on any atom is 0.311 e. The van der Waals surface area contributed by atoms with E-state index in [9.17, 15) is 9.90 Å². The molecule has 2 rings (SSSR count). The third kappa shape index (κ3) is 3.69. The van der Waals surface area contributed by atoms with Crippen LogP contribution in [-0.2, 0) is 4.79 Å². The Kier molecular flexibility index (Phi) is 6.29. The molecule has 0 aromatic heterocycles. The van der Waals surface area contributed by atoms with Gasteiger partial charge in [-0.2, -0.15) is 0 Å². The molecule has 0 fully saturated rings. The second kappa shape index (κ2) is 7.49. The van der Waals surface area contributed by atoms with Gasteiger partial charge in [0.1, 0.15) is 0 Å². The zero-order valence-corrected chi connectivity index (χ0v) is 13.3. The molecule has 1 atom stereocenters. The second-order valence-electron chi connectivity index (χ2n) is 4.26. The summed E-state index contributed by atoms with van der Waals surface area (Å²) < 4.78 is 0. The number of rotatable bonds is 4. The van der Waals surface area contributed by atoms with E-state index in [-0.39, 0.29) is 29.6 Å². The number of carbonyl (C=O) groups is 1. The van der Waals surface area contributed by atoms with Gasteiger partial charge in [0.25, 0.3) is 0 Å². The average Bonchev–Trinajstić information content (AvgIpc) is 2.39. The van der Waals surface area contributed by atoms with Gasteiger partial charge in [-0.3, -0.25) is 4.79 Å². The van der Waals surface area contributed by atoms with Crippen LogP contribution in [0.4, 0.5) is 0 Å². The average molecular weight is 263 g/mol. The van der Waals surface area contributed by atoms with Crippen molar-refractivity contribution in [1.82, 2.24) is 0 Å². The standard InChI is InChI=1S/C16H16O2.Na/c1-2-3-9-15(16(17)18)14-11-6-8-12-7-4-5-10-13(12)14;/h2-8,10-11,15H,9H2,1H3,(H,17,18);. The van der Waals surface area contributed by atoms with Gasteiger partial charge in [0.05, 0.1) is 5.92 Å². The van der Waals surface area contributed by atoms with E-state index in [2.05, 4.69) is 0 Å². The van der Waals surface area contributed by atoms with E-state index in [1.54, 1.807) is 0 Å². The number of carboxylic acid groups (broad SMARTS) is 1. The Balaban J connectivity index is 0.00000180. The molecule has 1 unspecified atom stereocenters. The van der Waals surface area contributed by atoms with Gasteiger partial charge in [-0.15, -0.1) is 0 Å². The third-order valence-corrected chi connectivity index (χ3v) is 3.10. The SMILES string of the molecule is CC=CCC(C(=O)O)c1cccc2ccccc12.[Na]. The Labute approximate surface area is 135 Å². The molecule has 93 valence electrons. The monoisotopic (exact) mass is 263 g/mol. The smallest absolute Gasteiger partial charge is 0.311 e. The summed E-state index contributed by atoms with van der Waals surface area (Å²) >= 11 is 0. The summed E-state index contributed by atoms with van der Waals surface area (Å²) in [6.07, 6.45) is 4.32. The van der Waals surface area contributed by atoms with Gasteiger partial charge in [-0.05, 0) is 29.7 Å². The van der Waals surface area contributed by atoms with Crippen molar-refractivity contribution in [2.24, 2.45) is 0 Å². The summed E-state index contributed by atoms with van der Waals surface area (Å²) in [7, 11) is 0. The second-order valence-corrected chi connectivity index (χ2v) is 4.26. The van der Waals surface area contributed by atoms with E-state index in [0.29, 0.717) is 6.42 Å². The number of carboxylic acids is 1. The molecule has 2 aromatic rings. The molecule has 0 aliphatic heterocycles. The van der Waals surface area contributed by atoms with Crippen LogP contribution in [0.1, 0.15) is 24.8 Å². The maximum atomic E-state index is 11.4. The maximum absolute atomic E-state index is 11.4. The molecule has 0 saturated carbocycles. The zero-order valence-electron chi connectivity index (χ0n) is 11.3. The summed E-state index contributed by atoms with van der Waals surface area (Å²) in [6, 6.07) is 13.7. The fourth-order valence-electron chi connectivity index (χ4n) is 2.19. The molecule has 0 amide bonds. The molecule has 0 aliphatic carbocycles. The van der Waals surface area contributed by atoms with Crippen LogP contribution in [-0.4, -0.2) is 40.6 Å². The van der Waals surface area contributed by atoms with E-state index >= 15 is 0 Å². The molecular weight excluding hydrogens is 247 g/mol. The molecule has 1 radical (unpaired) electrons. The topological polar surface area (TPSA) is 37.3 Å². The van der Waals surface area contributed by atoms with Crippen molar-refractivity contribution in [1.29, 1.82) is 0 Å². The molecule has 0 bridgehead atoms. The van der Waals surface area contributed by atoms with Gasteiger partial charge < -0.3 is 5.11 Å². The van der Waals surface area contributed by atoms with Crippen LogP contribution in [0.3, 0.4) is 0 Å². The fourth-order valence-corrected chi connectivity index (χ4v) is 2.19. The summed E-state index contributed by atoms with van der Waals surface area (Å²) in [5, 5.41) is 11.5. The number of benzene rings is 2. The molecule has 1 N–H and O–H groups in total. The van der Waals surface area contributed by atoms with E-state index in [4.69, 9.17) is 0 Å². The number of hydrogen-bond acceptors (Lipinski definition) is 1. The van der Waals surface area contributed by atoms with Gasteiger partial charge in [-0.1, -0.05) is 54.6 Å². The molecule has 0 saturated heterocycles. The van der Waals surface area contributed by atoms with Gasteiger partial charge in [-0.25, -0.2) is 0 Å². The van der Waals surface area contributed by atoms with E-state index in [1.807, 2.05) is 61.5 Å². The predicted molar refractivity (Wildman–Crippen MR) is 79.5 cm³/mol. The molecule has 19 heavy (non-hydrogen) atoms. The van der Waals surface area contributed by atoms with Crippen LogP contribution in [0, 0.1) is 0 Å². The number of allylic oxidation sites excluding steroid dienone is 2. The third-order valence-electron chi connectivity index (χ3n) is 3.10. The quantitative estimate of drug-likeness (QED) is 0.676. The Bertz CT molecular complexity index is 585. The van der Waals surface area contributed by atoms with Gasteiger partial charge in [0.2, 0.25) is 0 Å². The first kappa shape index (κ1) is 16.0. The fraction of sp³-hybridized carbons (Fsp3) is 0.188. The van der Waals surface area contributed by atoms with Crippen molar-refractivity contribution >= 4 is 46.3 Å². The summed E-state index contributed by atoms with van der Waals surface area (Å²) in [6.45, 7) is 1.90. The van der Waals surface area contributed by atoms with Crippen molar-refractivity contribution in [3.8, 4) is 0 Å². The minimum Gasteiger partial charge on any atom is -0.481 e. The number of aliphatic carboxylic acids is 1. The van der Waals surface area contributed by atoms with Crippen molar-refractivity contribution in [3.05, 3.63) is 60.2 Å². The van der Waals surface area contributed by atoms with Crippen molar-refractivity contribution in [3.63, 3.8) is 0 Å². The van der Waals surface area contributed by atoms with Gasteiger partial charge in [0, 0.05) is 29.6 Å². The first-order chi connectivity index (χ1) is 8.74. The summed E-state index contributed by atoms with van der Waals surface area (Å²) in [5.41, 5.74) is 0.888. The van der Waals surface area contributed by atoms with Crippen LogP contribution in [0.2, 0.25) is 0 Å². The normalized spacial score (nSPS) is 12.3. The minimum atomic E-state index is -0.774. The first-order valence-electron chi connectivity index (χ1n) is 6.05. The minimum absolute atomic E-state index is 0. The molecule has 2 nitrogen and oxygen atoms in total. The molecule has 2 aromatic carbocycles. The van der Waals surface area contributed by atoms with Crippen LogP contribution in [0.15, 0.2) is 54.6 Å². The largest absolute Gasteiger partial charge is 0.481 e. The van der Waals surface area contributed by atoms with E-state index in [0.717, 1.165) is 16.3 Å². The van der Waals surface area contributed by atoms with Crippen LogP contribution in [0.5, 0.6) is 0 Å². The number of fused-ring (bicyclic) bond motifs is 1. The van der Waals surface area contributed by atoms with Gasteiger partial charge in [0.15, 0.2) is 0 Å². The van der Waals surface area contributed by atoms with Crippen LogP contribution in [0.25, 0.3) is 10.8 Å². The van der Waals surface area contributed by atoms with E-state index in [1.165, 1.54) is 0 Å². The first-order valence-corrected chi connectivity index (χ1v) is 6.05. The van der Waals surface area contributed by atoms with Crippen LogP contribution < -0.4 is 0 Å². The van der Waals surface area contributed by atoms with Crippen LogP contribution >= 0.6 is 0 Å². The molecule has 0 aliphatic rings. The zero-order chi connectivity index (χ0) is 13.0. The molecular formula is C16H16NaO2. The summed E-state index contributed by atoms with van der Waals surface area (Å²) in [4.78, 5) is 11.4. The van der Waals surface area contributed by atoms with E-state index < -0.39 is 11.9 Å². The Hall–Kier alpha value is -1.09. The molecule has 0 heterocycles. The van der Waals surface area contributed by atoms with Crippen molar-refractivity contribution in [2.45, 2.75) is 19.3 Å². The Morgan fingerprint density at radius 3 is 2.58 bits per heavy atom. The van der Waals surface area contributed by atoms with Crippen molar-refractivity contribution in [2.75, 3.05) is 0 Å². The number of hydrogen-bond donors (Lipinski definition) is 1. The molecule has 3 heteroatoms. The molecule has 0 spiro atoms. The predicted octanol–water partition coefficient (Wildman–Crippen LogP) is 3.59. The Morgan fingerprint density at radius 1 is 1.21 bits per heavy atom. The summed E-state index contributed by atoms with van der Waals surface area (Å²) in [5.74, 6) is -1.25. The van der Waals surface area contributed by atoms with Gasteiger partial charge >= 0.3 is 5.97 Å². The van der Waals surface area contributed by atoms with Crippen molar-refractivity contribution < 1.29 is 9.90 Å².